The summed E-state index contributed by atoms with van der Waals surface area (Å²) in [5.41, 5.74) is 1.60. The van der Waals surface area contributed by atoms with Crippen molar-refractivity contribution in [3.05, 3.63) is 35.4 Å². The van der Waals surface area contributed by atoms with Gasteiger partial charge in [0.15, 0.2) is 0 Å². The molecule has 0 aliphatic carbocycles. The zero-order valence-corrected chi connectivity index (χ0v) is 12.6. The van der Waals surface area contributed by atoms with E-state index in [0.717, 1.165) is 17.5 Å². The normalized spacial score (nSPS) is 11.2. The van der Waals surface area contributed by atoms with Crippen molar-refractivity contribution in [2.24, 2.45) is 0 Å². The molecule has 1 aromatic rings. The zero-order valence-electron chi connectivity index (χ0n) is 11.8. The van der Waals surface area contributed by atoms with E-state index in [1.54, 1.807) is 0 Å². The minimum atomic E-state index is -3.44. The van der Waals surface area contributed by atoms with E-state index in [1.807, 2.05) is 31.2 Å². The lowest BCUT2D eigenvalue weighted by Gasteiger charge is -2.17. The number of hydrogen-bond donors (Lipinski definition) is 2. The highest BCUT2D eigenvalue weighted by Gasteiger charge is 2.16. The molecule has 5 nitrogen and oxygen atoms in total. The Bertz CT molecular complexity index is 588. The molecule has 0 amide bonds. The molecule has 0 radical (unpaired) electrons. The van der Waals surface area contributed by atoms with E-state index >= 15 is 0 Å². The van der Waals surface area contributed by atoms with Crippen molar-refractivity contribution in [1.82, 2.24) is 9.03 Å². The fourth-order valence-corrected chi connectivity index (χ4v) is 2.57. The van der Waals surface area contributed by atoms with E-state index in [0.29, 0.717) is 6.54 Å². The average molecular weight is 296 g/mol. The summed E-state index contributed by atoms with van der Waals surface area (Å²) < 4.78 is 27.6. The van der Waals surface area contributed by atoms with Crippen molar-refractivity contribution in [3.8, 4) is 11.8 Å². The van der Waals surface area contributed by atoms with Gasteiger partial charge in [-0.15, -0.1) is 0 Å². The second kappa shape index (κ2) is 8.02. The van der Waals surface area contributed by atoms with E-state index in [1.165, 1.54) is 11.4 Å². The average Bonchev–Trinajstić information content (AvgIpc) is 2.43. The van der Waals surface area contributed by atoms with E-state index in [9.17, 15) is 8.42 Å². The number of aliphatic hydroxyl groups excluding tert-OH is 1. The van der Waals surface area contributed by atoms with Crippen LogP contribution in [0, 0.1) is 11.8 Å². The summed E-state index contributed by atoms with van der Waals surface area (Å²) in [6, 6.07) is 7.29. The van der Waals surface area contributed by atoms with Gasteiger partial charge < -0.3 is 5.11 Å². The summed E-state index contributed by atoms with van der Waals surface area (Å²) in [7, 11) is -1.91. The molecule has 2 N–H and O–H groups in total. The maximum Gasteiger partial charge on any atom is 0.279 e. The summed E-state index contributed by atoms with van der Waals surface area (Å²) in [6.07, 6.45) is 0.749. The van der Waals surface area contributed by atoms with Gasteiger partial charge in [0.05, 0.1) is 0 Å². The summed E-state index contributed by atoms with van der Waals surface area (Å²) in [4.78, 5) is 0. The molecule has 0 aliphatic heterocycles. The number of rotatable bonds is 6. The van der Waals surface area contributed by atoms with Gasteiger partial charge in [-0.05, 0) is 24.1 Å². The monoisotopic (exact) mass is 296 g/mol. The standard InChI is InChI=1S/C14H20N2O3S/c1-3-9-15-20(18,19)16(2)12-14-7-4-6-13(11-14)8-5-10-17/h4,6-7,11,15,17H,3,9-10,12H2,1-2H3. The van der Waals surface area contributed by atoms with Gasteiger partial charge in [-0.25, -0.2) is 4.72 Å². The van der Waals surface area contributed by atoms with Crippen molar-refractivity contribution >= 4 is 10.2 Å². The number of benzene rings is 1. The van der Waals surface area contributed by atoms with Gasteiger partial charge >= 0.3 is 0 Å². The largest absolute Gasteiger partial charge is 0.384 e. The molecule has 0 bridgehead atoms. The van der Waals surface area contributed by atoms with Crippen molar-refractivity contribution in [2.45, 2.75) is 19.9 Å². The van der Waals surface area contributed by atoms with Crippen LogP contribution in [0.25, 0.3) is 0 Å². The van der Waals surface area contributed by atoms with Crippen LogP contribution in [0.1, 0.15) is 24.5 Å². The maximum absolute atomic E-state index is 11.9. The summed E-state index contributed by atoms with van der Waals surface area (Å²) in [5, 5.41) is 8.66. The first kappa shape index (κ1) is 16.7. The first-order chi connectivity index (χ1) is 9.49. The Labute approximate surface area is 120 Å². The Morgan fingerprint density at radius 3 is 2.80 bits per heavy atom. The lowest BCUT2D eigenvalue weighted by molar-refractivity contribution is 0.350. The fraction of sp³-hybridized carbons (Fsp3) is 0.429. The minimum Gasteiger partial charge on any atom is -0.384 e. The first-order valence-corrected chi connectivity index (χ1v) is 7.83. The molecule has 1 rings (SSSR count). The third-order valence-corrected chi connectivity index (χ3v) is 4.11. The van der Waals surface area contributed by atoms with Gasteiger partial charge in [-0.3, -0.25) is 0 Å². The highest BCUT2D eigenvalue weighted by molar-refractivity contribution is 7.87. The Balaban J connectivity index is 2.77. The van der Waals surface area contributed by atoms with Gasteiger partial charge in [-0.1, -0.05) is 30.9 Å². The third-order valence-electron chi connectivity index (χ3n) is 2.59. The second-order valence-electron chi connectivity index (χ2n) is 4.32. The summed E-state index contributed by atoms with van der Waals surface area (Å²) in [5.74, 6) is 5.36. The van der Waals surface area contributed by atoms with E-state index in [2.05, 4.69) is 16.6 Å². The smallest absolute Gasteiger partial charge is 0.279 e. The lowest BCUT2D eigenvalue weighted by Crippen LogP contribution is -2.38. The summed E-state index contributed by atoms with van der Waals surface area (Å²) in [6.45, 7) is 2.41. The van der Waals surface area contributed by atoms with E-state index < -0.39 is 10.2 Å². The number of nitrogens with zero attached hydrogens (tertiary/aromatic N) is 1. The van der Waals surface area contributed by atoms with Crippen LogP contribution in [0.3, 0.4) is 0 Å². The van der Waals surface area contributed by atoms with Crippen LogP contribution in [0.15, 0.2) is 24.3 Å². The second-order valence-corrected chi connectivity index (χ2v) is 6.18. The third kappa shape index (κ3) is 5.31. The van der Waals surface area contributed by atoms with E-state index in [-0.39, 0.29) is 13.2 Å². The number of nitrogens with one attached hydrogen (secondary N) is 1. The first-order valence-electron chi connectivity index (χ1n) is 6.39. The molecule has 0 saturated heterocycles. The zero-order chi connectivity index (χ0) is 15.0. The Kier molecular flexibility index (Phi) is 6.68. The van der Waals surface area contributed by atoms with Crippen LogP contribution in [-0.4, -0.2) is 38.0 Å². The van der Waals surface area contributed by atoms with Gasteiger partial charge in [0, 0.05) is 25.7 Å². The Morgan fingerprint density at radius 2 is 2.15 bits per heavy atom. The molecule has 20 heavy (non-hydrogen) atoms. The van der Waals surface area contributed by atoms with Crippen LogP contribution < -0.4 is 4.72 Å². The van der Waals surface area contributed by atoms with E-state index in [4.69, 9.17) is 5.11 Å². The quantitative estimate of drug-likeness (QED) is 0.760. The van der Waals surface area contributed by atoms with Crippen molar-refractivity contribution in [2.75, 3.05) is 20.2 Å². The van der Waals surface area contributed by atoms with Crippen LogP contribution in [0.4, 0.5) is 0 Å². The molecular weight excluding hydrogens is 276 g/mol. The van der Waals surface area contributed by atoms with Crippen molar-refractivity contribution in [1.29, 1.82) is 0 Å². The molecule has 0 aromatic heterocycles. The molecule has 0 fully saturated rings. The highest BCUT2D eigenvalue weighted by atomic mass is 32.2. The molecule has 0 unspecified atom stereocenters. The van der Waals surface area contributed by atoms with Crippen LogP contribution >= 0.6 is 0 Å². The Morgan fingerprint density at radius 1 is 1.40 bits per heavy atom. The molecule has 110 valence electrons. The van der Waals surface area contributed by atoms with Gasteiger partial charge in [-0.2, -0.15) is 12.7 Å². The number of aliphatic hydroxyl groups is 1. The molecule has 0 heterocycles. The van der Waals surface area contributed by atoms with Gasteiger partial charge in [0.2, 0.25) is 0 Å². The van der Waals surface area contributed by atoms with Gasteiger partial charge in [0.1, 0.15) is 6.61 Å². The molecule has 0 atom stereocenters. The maximum atomic E-state index is 11.9. The lowest BCUT2D eigenvalue weighted by atomic mass is 10.1. The fourth-order valence-electron chi connectivity index (χ4n) is 1.57. The molecule has 0 aliphatic rings. The number of hydrogen-bond acceptors (Lipinski definition) is 3. The molecule has 0 spiro atoms. The van der Waals surface area contributed by atoms with Crippen LogP contribution in [-0.2, 0) is 16.8 Å². The highest BCUT2D eigenvalue weighted by Crippen LogP contribution is 2.08. The minimum absolute atomic E-state index is 0.195. The predicted molar refractivity (Wildman–Crippen MR) is 79.1 cm³/mol. The Hall–Kier alpha value is -1.39. The summed E-state index contributed by atoms with van der Waals surface area (Å²) >= 11 is 0. The molecule has 1 aromatic carbocycles. The van der Waals surface area contributed by atoms with Crippen molar-refractivity contribution < 1.29 is 13.5 Å². The molecular formula is C14H20N2O3S. The predicted octanol–water partition coefficient (Wildman–Crippen LogP) is 0.707. The topological polar surface area (TPSA) is 69.6 Å². The van der Waals surface area contributed by atoms with Crippen LogP contribution in [0.2, 0.25) is 0 Å². The SMILES string of the molecule is CCCNS(=O)(=O)N(C)Cc1cccc(C#CCO)c1. The molecule has 0 saturated carbocycles. The van der Waals surface area contributed by atoms with Crippen molar-refractivity contribution in [3.63, 3.8) is 0 Å². The van der Waals surface area contributed by atoms with Crippen LogP contribution in [0.5, 0.6) is 0 Å². The molecule has 6 heteroatoms. The van der Waals surface area contributed by atoms with Gasteiger partial charge in [0.25, 0.3) is 10.2 Å².